The molecule has 0 amide bonds. The van der Waals surface area contributed by atoms with E-state index in [0.29, 0.717) is 27.9 Å². The zero-order chi connectivity index (χ0) is 17.6. The van der Waals surface area contributed by atoms with Crippen LogP contribution in [0, 0.1) is 0 Å². The average Bonchev–Trinajstić information content (AvgIpc) is 3.15. The maximum atomic E-state index is 11.9. The minimum Gasteiger partial charge on any atom is -0.480 e. The fourth-order valence-electron chi connectivity index (χ4n) is 3.65. The van der Waals surface area contributed by atoms with Gasteiger partial charge in [-0.2, -0.15) is 5.10 Å². The fraction of sp³-hybridized carbons (Fsp3) is 0.444. The Labute approximate surface area is 149 Å². The van der Waals surface area contributed by atoms with Gasteiger partial charge < -0.3 is 5.11 Å². The van der Waals surface area contributed by atoms with Crippen molar-refractivity contribution in [3.05, 3.63) is 29.5 Å². The lowest BCUT2D eigenvalue weighted by Crippen LogP contribution is -2.21. The first-order valence-corrected chi connectivity index (χ1v) is 9.39. The van der Waals surface area contributed by atoms with Crippen molar-refractivity contribution in [3.8, 4) is 0 Å². The summed E-state index contributed by atoms with van der Waals surface area (Å²) in [5, 5.41) is 15.6. The SMILES string of the molecule is CC(=O)c1nn(CC(=O)O)c2ccc(C3=NC4CCCCC4S3)cc12. The van der Waals surface area contributed by atoms with Crippen molar-refractivity contribution in [2.75, 3.05) is 0 Å². The summed E-state index contributed by atoms with van der Waals surface area (Å²) in [7, 11) is 0. The molecule has 2 aliphatic rings. The molecule has 2 unspecified atom stereocenters. The molecule has 0 spiro atoms. The summed E-state index contributed by atoms with van der Waals surface area (Å²) in [6.07, 6.45) is 4.87. The van der Waals surface area contributed by atoms with E-state index < -0.39 is 5.97 Å². The van der Waals surface area contributed by atoms with E-state index in [2.05, 4.69) is 5.10 Å². The molecule has 130 valence electrons. The summed E-state index contributed by atoms with van der Waals surface area (Å²) in [6.45, 7) is 1.19. The number of hydrogen-bond acceptors (Lipinski definition) is 5. The maximum Gasteiger partial charge on any atom is 0.325 e. The molecule has 2 aromatic rings. The van der Waals surface area contributed by atoms with Gasteiger partial charge in [0.15, 0.2) is 5.78 Å². The Kier molecular flexibility index (Phi) is 4.11. The van der Waals surface area contributed by atoms with Crippen molar-refractivity contribution in [1.82, 2.24) is 9.78 Å². The van der Waals surface area contributed by atoms with E-state index in [-0.39, 0.29) is 12.3 Å². The number of carboxylic acid groups (broad SMARTS) is 1. The van der Waals surface area contributed by atoms with E-state index in [0.717, 1.165) is 17.0 Å². The topological polar surface area (TPSA) is 84.5 Å². The highest BCUT2D eigenvalue weighted by Gasteiger charge is 2.32. The van der Waals surface area contributed by atoms with E-state index in [1.54, 1.807) is 0 Å². The van der Waals surface area contributed by atoms with Crippen LogP contribution in [0.25, 0.3) is 10.9 Å². The van der Waals surface area contributed by atoms with E-state index in [9.17, 15) is 9.59 Å². The molecule has 2 heterocycles. The van der Waals surface area contributed by atoms with Gasteiger partial charge in [-0.3, -0.25) is 19.3 Å². The average molecular weight is 357 g/mol. The maximum absolute atomic E-state index is 11.9. The lowest BCUT2D eigenvalue weighted by Gasteiger charge is -2.21. The smallest absolute Gasteiger partial charge is 0.325 e. The predicted molar refractivity (Wildman–Crippen MR) is 97.5 cm³/mol. The first-order chi connectivity index (χ1) is 12.0. The number of nitrogens with zero attached hydrogens (tertiary/aromatic N) is 3. The number of carbonyl (C=O) groups is 2. The van der Waals surface area contributed by atoms with Gasteiger partial charge in [-0.1, -0.05) is 18.9 Å². The number of fused-ring (bicyclic) bond motifs is 2. The van der Waals surface area contributed by atoms with Gasteiger partial charge in [-0.25, -0.2) is 0 Å². The molecule has 1 N–H and O–H groups in total. The summed E-state index contributed by atoms with van der Waals surface area (Å²) < 4.78 is 1.38. The van der Waals surface area contributed by atoms with Gasteiger partial charge in [0, 0.05) is 23.1 Å². The number of rotatable bonds is 4. The highest BCUT2D eigenvalue weighted by atomic mass is 32.2. The molecule has 1 saturated carbocycles. The molecular weight excluding hydrogens is 338 g/mol. The number of carbonyl (C=O) groups excluding carboxylic acids is 1. The van der Waals surface area contributed by atoms with Gasteiger partial charge in [-0.05, 0) is 25.0 Å². The highest BCUT2D eigenvalue weighted by molar-refractivity contribution is 8.15. The monoisotopic (exact) mass is 357 g/mol. The number of hydrogen-bond donors (Lipinski definition) is 1. The predicted octanol–water partition coefficient (Wildman–Crippen LogP) is 3.13. The molecule has 0 saturated heterocycles. The molecule has 1 aliphatic carbocycles. The Hall–Kier alpha value is -2.15. The second kappa shape index (κ2) is 6.29. The fourth-order valence-corrected chi connectivity index (χ4v) is 5.04. The van der Waals surface area contributed by atoms with Crippen molar-refractivity contribution >= 4 is 39.5 Å². The highest BCUT2D eigenvalue weighted by Crippen LogP contribution is 2.39. The lowest BCUT2D eigenvalue weighted by molar-refractivity contribution is -0.137. The quantitative estimate of drug-likeness (QED) is 0.850. The molecule has 1 fully saturated rings. The standard InChI is InChI=1S/C18H19N3O3S/c1-10(22)17-12-8-11(6-7-14(12)21(20-17)9-16(23)24)18-19-13-4-2-3-5-15(13)25-18/h6-8,13,15H,2-5,9H2,1H3,(H,23,24). The minimum atomic E-state index is -0.983. The summed E-state index contributed by atoms with van der Waals surface area (Å²) in [6, 6.07) is 6.14. The van der Waals surface area contributed by atoms with Crippen molar-refractivity contribution < 1.29 is 14.7 Å². The number of thioether (sulfide) groups is 1. The van der Waals surface area contributed by atoms with E-state index in [4.69, 9.17) is 10.1 Å². The van der Waals surface area contributed by atoms with E-state index in [1.807, 2.05) is 30.0 Å². The van der Waals surface area contributed by atoms with Crippen molar-refractivity contribution in [3.63, 3.8) is 0 Å². The largest absolute Gasteiger partial charge is 0.480 e. The van der Waals surface area contributed by atoms with Gasteiger partial charge in [0.2, 0.25) is 0 Å². The third-order valence-corrected chi connectivity index (χ3v) is 6.25. The van der Waals surface area contributed by atoms with Crippen LogP contribution < -0.4 is 0 Å². The molecular formula is C18H19N3O3S. The second-order valence-electron chi connectivity index (χ2n) is 6.63. The van der Waals surface area contributed by atoms with Gasteiger partial charge in [0.1, 0.15) is 12.2 Å². The summed E-state index contributed by atoms with van der Waals surface area (Å²) in [5.41, 5.74) is 1.97. The first kappa shape index (κ1) is 16.3. The van der Waals surface area contributed by atoms with E-state index >= 15 is 0 Å². The number of carboxylic acids is 1. The third-order valence-electron chi connectivity index (χ3n) is 4.83. The van der Waals surface area contributed by atoms with Crippen LogP contribution in [0.1, 0.15) is 48.7 Å². The number of aromatic nitrogens is 2. The first-order valence-electron chi connectivity index (χ1n) is 8.51. The number of benzene rings is 1. The molecule has 0 radical (unpaired) electrons. The number of aliphatic imine (C=N–C) groups is 1. The second-order valence-corrected chi connectivity index (χ2v) is 7.86. The van der Waals surface area contributed by atoms with Gasteiger partial charge in [-0.15, -0.1) is 11.8 Å². The van der Waals surface area contributed by atoms with Crippen molar-refractivity contribution in [2.24, 2.45) is 4.99 Å². The Balaban J connectivity index is 1.76. The minimum absolute atomic E-state index is 0.166. The Bertz CT molecular complexity index is 902. The van der Waals surface area contributed by atoms with Crippen LogP contribution >= 0.6 is 11.8 Å². The van der Waals surface area contributed by atoms with Crippen molar-refractivity contribution in [1.29, 1.82) is 0 Å². The Morgan fingerprint density at radius 1 is 1.32 bits per heavy atom. The molecule has 2 atom stereocenters. The summed E-state index contributed by atoms with van der Waals surface area (Å²) >= 11 is 1.83. The molecule has 1 aromatic heterocycles. The number of Topliss-reactive ketones (excluding diaryl/α,β-unsaturated/α-hetero) is 1. The Morgan fingerprint density at radius 3 is 2.84 bits per heavy atom. The molecule has 1 aromatic carbocycles. The molecule has 25 heavy (non-hydrogen) atoms. The molecule has 7 heteroatoms. The molecule has 6 nitrogen and oxygen atoms in total. The van der Waals surface area contributed by atoms with Crippen LogP contribution in [0.15, 0.2) is 23.2 Å². The number of ketones is 1. The lowest BCUT2D eigenvalue weighted by atomic mass is 9.95. The zero-order valence-electron chi connectivity index (χ0n) is 13.9. The Morgan fingerprint density at radius 2 is 2.12 bits per heavy atom. The molecule has 1 aliphatic heterocycles. The van der Waals surface area contributed by atoms with Crippen LogP contribution in [0.5, 0.6) is 0 Å². The third kappa shape index (κ3) is 2.97. The van der Waals surface area contributed by atoms with E-state index in [1.165, 1.54) is 30.9 Å². The van der Waals surface area contributed by atoms with Crippen LogP contribution in [0.2, 0.25) is 0 Å². The van der Waals surface area contributed by atoms with Crippen LogP contribution in [-0.4, -0.2) is 43.0 Å². The molecule has 4 rings (SSSR count). The summed E-state index contributed by atoms with van der Waals surface area (Å²) in [5.74, 6) is -1.15. The summed E-state index contributed by atoms with van der Waals surface area (Å²) in [4.78, 5) is 27.9. The molecule has 0 bridgehead atoms. The van der Waals surface area contributed by atoms with Gasteiger partial charge in [0.05, 0.1) is 16.6 Å². The zero-order valence-corrected chi connectivity index (χ0v) is 14.8. The van der Waals surface area contributed by atoms with Crippen LogP contribution in [0.4, 0.5) is 0 Å². The van der Waals surface area contributed by atoms with Gasteiger partial charge >= 0.3 is 5.97 Å². The van der Waals surface area contributed by atoms with Crippen molar-refractivity contribution in [2.45, 2.75) is 50.4 Å². The van der Waals surface area contributed by atoms with Gasteiger partial charge in [0.25, 0.3) is 0 Å². The number of aliphatic carboxylic acids is 1. The van der Waals surface area contributed by atoms with Crippen LogP contribution in [0.3, 0.4) is 0 Å². The normalized spacial score (nSPS) is 22.7. The van der Waals surface area contributed by atoms with Crippen LogP contribution in [-0.2, 0) is 11.3 Å².